The fraction of sp³-hybridized carbons (Fsp3) is 0.500. The summed E-state index contributed by atoms with van der Waals surface area (Å²) in [6.07, 6.45) is 0.558. The number of piperidine rings is 1. The molecule has 0 bridgehead atoms. The largest absolute Gasteiger partial charge is 0.487 e. The van der Waals surface area contributed by atoms with Crippen LogP contribution in [-0.4, -0.2) is 50.0 Å². The fourth-order valence-corrected chi connectivity index (χ4v) is 5.06. The van der Waals surface area contributed by atoms with Crippen LogP contribution >= 0.6 is 0 Å². The lowest BCUT2D eigenvalue weighted by molar-refractivity contribution is -0.0272. The van der Waals surface area contributed by atoms with Gasteiger partial charge in [0.1, 0.15) is 17.0 Å². The van der Waals surface area contributed by atoms with Gasteiger partial charge < -0.3 is 14.4 Å². The molecule has 0 aromatic heterocycles. The molecule has 178 valence electrons. The highest BCUT2D eigenvalue weighted by molar-refractivity contribution is 7.89. The molecule has 0 unspecified atom stereocenters. The Hall–Kier alpha value is -2.54. The van der Waals surface area contributed by atoms with E-state index in [0.717, 1.165) is 11.1 Å². The number of carbonyl (C=O) groups is 1. The summed E-state index contributed by atoms with van der Waals surface area (Å²) in [4.78, 5) is 14.1. The highest BCUT2D eigenvalue weighted by Crippen LogP contribution is 2.41. The van der Waals surface area contributed by atoms with Crippen molar-refractivity contribution in [3.63, 3.8) is 0 Å². The molecule has 0 N–H and O–H groups in total. The summed E-state index contributed by atoms with van der Waals surface area (Å²) in [5.41, 5.74) is 1.73. The number of ether oxygens (including phenoxy) is 2. The Morgan fingerprint density at radius 2 is 1.73 bits per heavy atom. The van der Waals surface area contributed by atoms with Gasteiger partial charge in [0.2, 0.25) is 0 Å². The first-order chi connectivity index (χ1) is 16.1. The Bertz CT molecular complexity index is 1210. The number of benzene rings is 2. The van der Waals surface area contributed by atoms with Crippen LogP contribution in [0.2, 0.25) is 0 Å². The Labute approximate surface area is 199 Å². The minimum Gasteiger partial charge on any atom is -0.487 e. The first-order valence-electron chi connectivity index (χ1n) is 12.2. The summed E-state index contributed by atoms with van der Waals surface area (Å²) >= 11 is 0. The predicted molar refractivity (Wildman–Crippen MR) is 129 cm³/mol. The van der Waals surface area contributed by atoms with Crippen LogP contribution < -0.4 is 4.74 Å². The molecule has 0 aliphatic carbocycles. The Balaban J connectivity index is 1.51. The molecule has 4 rings (SSSR count). The van der Waals surface area contributed by atoms with Gasteiger partial charge in [0.05, 0.1) is 5.75 Å². The average molecular weight is 474 g/mol. The molecule has 2 aromatic carbocycles. The summed E-state index contributed by atoms with van der Waals surface area (Å²) in [5.74, 6) is 0.519. The van der Waals surface area contributed by atoms with Crippen LogP contribution in [0, 0.1) is 0 Å². The van der Waals surface area contributed by atoms with Gasteiger partial charge in [-0.2, -0.15) is 0 Å². The predicted octanol–water partition coefficient (Wildman–Crippen LogP) is 4.99. The summed E-state index contributed by atoms with van der Waals surface area (Å²) in [5, 5.41) is 0. The molecule has 6 nitrogen and oxygen atoms in total. The van der Waals surface area contributed by atoms with E-state index in [9.17, 15) is 13.2 Å². The zero-order chi connectivity index (χ0) is 25.6. The van der Waals surface area contributed by atoms with Crippen molar-refractivity contribution in [3.8, 4) is 16.9 Å². The number of rotatable bonds is 3. The van der Waals surface area contributed by atoms with Crippen molar-refractivity contribution < 1.29 is 25.4 Å². The number of fused-ring (bicyclic) bond motifs is 1. The minimum atomic E-state index is -3.11. The van der Waals surface area contributed by atoms with Gasteiger partial charge in [0.15, 0.2) is 9.84 Å². The van der Waals surface area contributed by atoms with Crippen LogP contribution in [0.15, 0.2) is 42.5 Å². The van der Waals surface area contributed by atoms with E-state index in [2.05, 4.69) is 0 Å². The fourth-order valence-electron chi connectivity index (χ4n) is 4.26. The second kappa shape index (κ2) is 8.67. The topological polar surface area (TPSA) is 72.9 Å². The summed E-state index contributed by atoms with van der Waals surface area (Å²) in [6, 6.07) is 12.8. The quantitative estimate of drug-likeness (QED) is 0.628. The molecular formula is C26H33NO5S. The maximum Gasteiger partial charge on any atom is 0.410 e. The second-order valence-corrected chi connectivity index (χ2v) is 12.2. The Kier molecular flexibility index (Phi) is 5.52. The number of likely N-dealkylation sites (tertiary alicyclic amines) is 1. The number of hydrogen-bond acceptors (Lipinski definition) is 5. The third kappa shape index (κ3) is 5.88. The van der Waals surface area contributed by atoms with Crippen LogP contribution in [0.1, 0.15) is 53.9 Å². The summed E-state index contributed by atoms with van der Waals surface area (Å²) in [6.45, 7) is 6.43. The van der Waals surface area contributed by atoms with Gasteiger partial charge in [-0.25, -0.2) is 13.2 Å². The molecule has 2 aliphatic heterocycles. The van der Waals surface area contributed by atoms with Crippen molar-refractivity contribution in [2.75, 3.05) is 19.3 Å². The Morgan fingerprint density at radius 1 is 1.09 bits per heavy atom. The van der Waals surface area contributed by atoms with Crippen LogP contribution in [-0.2, 0) is 26.7 Å². The van der Waals surface area contributed by atoms with Gasteiger partial charge in [0.25, 0.3) is 0 Å². The van der Waals surface area contributed by atoms with Gasteiger partial charge >= 0.3 is 6.09 Å². The standard InChI is InChI=1S/C26H33NO5S/c1-25(2,3)32-24(28)27-15-13-26(14-16-27)12-11-22-17-21(9-10-23(22)31-26)20-7-5-19(6-8-20)18-33(4,29)30/h5-10,17H,11-16,18H2,1-4H3/i11D2. The molecular weight excluding hydrogens is 438 g/mol. The number of aryl methyl sites for hydroxylation is 1. The van der Waals surface area contributed by atoms with Crippen molar-refractivity contribution in [1.82, 2.24) is 4.90 Å². The van der Waals surface area contributed by atoms with Crippen LogP contribution in [0.5, 0.6) is 5.75 Å². The highest BCUT2D eigenvalue weighted by Gasteiger charge is 2.41. The first-order valence-corrected chi connectivity index (χ1v) is 13.3. The van der Waals surface area contributed by atoms with E-state index in [1.807, 2.05) is 51.1 Å². The van der Waals surface area contributed by atoms with E-state index >= 15 is 0 Å². The van der Waals surface area contributed by atoms with Gasteiger partial charge in [-0.05, 0) is 68.0 Å². The zero-order valence-electron chi connectivity index (χ0n) is 21.7. The summed E-state index contributed by atoms with van der Waals surface area (Å²) in [7, 11) is -3.11. The Morgan fingerprint density at radius 3 is 2.33 bits per heavy atom. The van der Waals surface area contributed by atoms with Gasteiger partial charge in [-0.3, -0.25) is 0 Å². The normalized spacial score (nSPS) is 20.3. The monoisotopic (exact) mass is 473 g/mol. The lowest BCUT2D eigenvalue weighted by Crippen LogP contribution is -2.52. The number of nitrogens with zero attached hydrogens (tertiary/aromatic N) is 1. The lowest BCUT2D eigenvalue weighted by Gasteiger charge is -2.44. The third-order valence-corrected chi connectivity index (χ3v) is 6.81. The SMILES string of the molecule is [2H]C1([2H])CC2(CCN(C(=O)OC(C)(C)C)CC2)Oc2ccc(-c3ccc(CS(C)(=O)=O)cc3)cc21. The second-order valence-electron chi connectivity index (χ2n) is 10.1. The molecule has 2 aliphatic rings. The highest BCUT2D eigenvalue weighted by atomic mass is 32.2. The van der Waals surface area contributed by atoms with E-state index < -0.39 is 27.4 Å². The zero-order valence-corrected chi connectivity index (χ0v) is 20.5. The van der Waals surface area contributed by atoms with E-state index in [1.54, 1.807) is 17.0 Å². The van der Waals surface area contributed by atoms with Crippen LogP contribution in [0.3, 0.4) is 0 Å². The van der Waals surface area contributed by atoms with E-state index in [4.69, 9.17) is 12.2 Å². The molecule has 1 amide bonds. The number of sulfone groups is 1. The molecule has 0 atom stereocenters. The van der Waals surface area contributed by atoms with Crippen molar-refractivity contribution >= 4 is 15.9 Å². The maximum absolute atomic E-state index is 12.4. The maximum atomic E-state index is 12.4. The smallest absolute Gasteiger partial charge is 0.410 e. The third-order valence-electron chi connectivity index (χ3n) is 5.95. The van der Waals surface area contributed by atoms with Gasteiger partial charge in [-0.15, -0.1) is 0 Å². The van der Waals surface area contributed by atoms with Crippen molar-refractivity contribution in [2.24, 2.45) is 0 Å². The average Bonchev–Trinajstić information content (AvgIpc) is 2.72. The lowest BCUT2D eigenvalue weighted by atomic mass is 9.82. The van der Waals surface area contributed by atoms with Gasteiger partial charge in [0, 0.05) is 34.9 Å². The number of amides is 1. The first kappa shape index (κ1) is 21.0. The van der Waals surface area contributed by atoms with Gasteiger partial charge in [-0.1, -0.05) is 30.3 Å². The molecule has 0 saturated carbocycles. The molecule has 2 aromatic rings. The van der Waals surface area contributed by atoms with Crippen molar-refractivity contribution in [3.05, 3.63) is 53.6 Å². The molecule has 33 heavy (non-hydrogen) atoms. The van der Waals surface area contributed by atoms with Crippen LogP contribution in [0.4, 0.5) is 4.79 Å². The number of hydrogen-bond donors (Lipinski definition) is 0. The molecule has 1 fully saturated rings. The molecule has 1 saturated heterocycles. The van der Waals surface area contributed by atoms with Crippen LogP contribution in [0.25, 0.3) is 11.1 Å². The molecule has 7 heteroatoms. The van der Waals surface area contributed by atoms with E-state index in [0.29, 0.717) is 42.8 Å². The number of carbonyl (C=O) groups excluding carboxylic acids is 1. The van der Waals surface area contributed by atoms with Crippen molar-refractivity contribution in [1.29, 1.82) is 0 Å². The van der Waals surface area contributed by atoms with E-state index in [1.165, 1.54) is 6.26 Å². The molecule has 2 heterocycles. The van der Waals surface area contributed by atoms with E-state index in [-0.39, 0.29) is 18.3 Å². The molecule has 0 radical (unpaired) electrons. The van der Waals surface area contributed by atoms with Crippen molar-refractivity contribution in [2.45, 2.75) is 63.4 Å². The minimum absolute atomic E-state index is 0.0126. The summed E-state index contributed by atoms with van der Waals surface area (Å²) < 4.78 is 52.6. The molecule has 1 spiro atoms.